The molecule has 198 valence electrons. The zero-order valence-corrected chi connectivity index (χ0v) is 22.2. The molecule has 2 atom stereocenters. The third kappa shape index (κ3) is 5.27. The number of ether oxygens (including phenoxy) is 2. The van der Waals surface area contributed by atoms with Crippen molar-refractivity contribution >= 4 is 22.3 Å². The van der Waals surface area contributed by atoms with Gasteiger partial charge in [0.2, 0.25) is 0 Å². The zero-order chi connectivity index (χ0) is 25.9. The van der Waals surface area contributed by atoms with Crippen molar-refractivity contribution < 1.29 is 9.47 Å². The van der Waals surface area contributed by atoms with Crippen LogP contribution in [0.25, 0.3) is 10.8 Å². The van der Waals surface area contributed by atoms with Crippen molar-refractivity contribution in [2.45, 2.75) is 38.3 Å². The first-order valence-electron chi connectivity index (χ1n) is 13.9. The van der Waals surface area contributed by atoms with Crippen molar-refractivity contribution in [1.29, 1.82) is 5.26 Å². The lowest BCUT2D eigenvalue weighted by Gasteiger charge is -2.37. The predicted molar refractivity (Wildman–Crippen MR) is 149 cm³/mol. The first kappa shape index (κ1) is 24.9. The number of morpholine rings is 1. The smallest absolute Gasteiger partial charge is 0.318 e. The average Bonchev–Trinajstić information content (AvgIpc) is 2.95. The average molecular weight is 513 g/mol. The molecular weight excluding hydrogens is 476 g/mol. The summed E-state index contributed by atoms with van der Waals surface area (Å²) in [6, 6.07) is 17.9. The Kier molecular flexibility index (Phi) is 7.30. The maximum absolute atomic E-state index is 9.30. The van der Waals surface area contributed by atoms with Crippen molar-refractivity contribution in [3.8, 4) is 12.1 Å². The second-order valence-electron chi connectivity index (χ2n) is 10.8. The van der Waals surface area contributed by atoms with Crippen LogP contribution in [0.4, 0.5) is 11.5 Å². The van der Waals surface area contributed by atoms with Crippen LogP contribution in [-0.4, -0.2) is 74.0 Å². The molecule has 2 aromatic carbocycles. The van der Waals surface area contributed by atoms with Crippen molar-refractivity contribution in [3.05, 3.63) is 53.7 Å². The number of piperidine rings is 1. The van der Waals surface area contributed by atoms with E-state index < -0.39 is 0 Å². The molecule has 2 saturated heterocycles. The van der Waals surface area contributed by atoms with Gasteiger partial charge < -0.3 is 24.2 Å². The number of aromatic nitrogens is 2. The molecule has 8 nitrogen and oxygen atoms in total. The van der Waals surface area contributed by atoms with Crippen LogP contribution in [0.1, 0.15) is 30.5 Å². The van der Waals surface area contributed by atoms with E-state index in [9.17, 15) is 5.26 Å². The van der Waals surface area contributed by atoms with E-state index in [4.69, 9.17) is 19.4 Å². The molecule has 0 aliphatic carbocycles. The monoisotopic (exact) mass is 512 g/mol. The summed E-state index contributed by atoms with van der Waals surface area (Å²) in [6.07, 6.45) is 3.66. The van der Waals surface area contributed by atoms with Gasteiger partial charge in [-0.3, -0.25) is 0 Å². The van der Waals surface area contributed by atoms with E-state index in [0.717, 1.165) is 70.1 Å². The molecule has 0 saturated carbocycles. The number of hydrogen-bond acceptors (Lipinski definition) is 8. The van der Waals surface area contributed by atoms with Gasteiger partial charge in [-0.25, -0.2) is 0 Å². The van der Waals surface area contributed by atoms with Crippen molar-refractivity contribution in [1.82, 2.24) is 14.9 Å². The second-order valence-corrected chi connectivity index (χ2v) is 10.8. The van der Waals surface area contributed by atoms with Gasteiger partial charge in [0.25, 0.3) is 0 Å². The molecule has 0 N–H and O–H groups in total. The zero-order valence-electron chi connectivity index (χ0n) is 22.2. The summed E-state index contributed by atoms with van der Waals surface area (Å²) in [5.74, 6) is 1.37. The van der Waals surface area contributed by atoms with E-state index >= 15 is 0 Å². The van der Waals surface area contributed by atoms with E-state index in [2.05, 4.69) is 70.3 Å². The van der Waals surface area contributed by atoms with E-state index in [1.165, 1.54) is 22.0 Å². The Hall–Kier alpha value is -3.41. The Morgan fingerprint density at radius 2 is 1.95 bits per heavy atom. The fourth-order valence-electron chi connectivity index (χ4n) is 6.09. The van der Waals surface area contributed by atoms with Crippen molar-refractivity contribution in [3.63, 3.8) is 0 Å². The van der Waals surface area contributed by atoms with E-state index in [1.54, 1.807) is 0 Å². The number of hydrogen-bond donors (Lipinski definition) is 0. The van der Waals surface area contributed by atoms with Gasteiger partial charge in [0.15, 0.2) is 0 Å². The minimum absolute atomic E-state index is 0.0130. The molecule has 4 heterocycles. The quantitative estimate of drug-likeness (QED) is 0.490. The largest absolute Gasteiger partial charge is 0.461 e. The van der Waals surface area contributed by atoms with E-state index in [-0.39, 0.29) is 6.10 Å². The van der Waals surface area contributed by atoms with Gasteiger partial charge in [-0.15, -0.1) is 0 Å². The van der Waals surface area contributed by atoms with E-state index in [0.29, 0.717) is 31.5 Å². The molecule has 3 aromatic rings. The lowest BCUT2D eigenvalue weighted by Crippen LogP contribution is -2.43. The topological polar surface area (TPSA) is 77.8 Å². The number of anilines is 2. The number of likely N-dealkylation sites (N-methyl/N-ethyl adjacent to an activating group) is 1. The highest BCUT2D eigenvalue weighted by atomic mass is 16.5. The molecule has 0 amide bonds. The summed E-state index contributed by atoms with van der Waals surface area (Å²) in [7, 11) is 2.11. The lowest BCUT2D eigenvalue weighted by molar-refractivity contribution is -0.0417. The highest BCUT2D eigenvalue weighted by molar-refractivity contribution is 5.94. The molecule has 2 fully saturated rings. The molecular formula is C30H36N6O2. The maximum Gasteiger partial charge on any atom is 0.318 e. The fourth-order valence-corrected chi connectivity index (χ4v) is 6.09. The number of rotatable bonds is 6. The predicted octanol–water partition coefficient (Wildman–Crippen LogP) is 4.03. The molecule has 1 aromatic heterocycles. The summed E-state index contributed by atoms with van der Waals surface area (Å²) in [5, 5.41) is 11.8. The first-order valence-corrected chi connectivity index (χ1v) is 13.9. The summed E-state index contributed by atoms with van der Waals surface area (Å²) < 4.78 is 12.1. The third-order valence-electron chi connectivity index (χ3n) is 8.07. The van der Waals surface area contributed by atoms with Gasteiger partial charge in [-0.05, 0) is 43.7 Å². The number of nitriles is 1. The van der Waals surface area contributed by atoms with Gasteiger partial charge >= 0.3 is 6.01 Å². The molecule has 38 heavy (non-hydrogen) atoms. The standard InChI is InChI=1S/C30H36N6O2/c1-34-16-17-37-24(19-34)21-38-30-32-27-20-35(28-10-4-8-23-7-2-3-9-25(23)28)15-12-26(27)29(33-30)36-14-5-6-22(18-36)11-13-31/h2-4,7-10,22,24H,5-6,11-12,14-21H2,1H3/t22-,24+/m0/s1. The molecule has 0 spiro atoms. The van der Waals surface area contributed by atoms with Crippen LogP contribution in [0.15, 0.2) is 42.5 Å². The number of benzene rings is 2. The number of nitrogens with zero attached hydrogens (tertiary/aromatic N) is 6. The molecule has 0 unspecified atom stereocenters. The molecule has 3 aliphatic rings. The molecule has 0 bridgehead atoms. The van der Waals surface area contributed by atoms with Gasteiger partial charge in [0.05, 0.1) is 24.9 Å². The normalized spacial score (nSPS) is 22.2. The van der Waals surface area contributed by atoms with Gasteiger partial charge in [0, 0.05) is 55.8 Å². The van der Waals surface area contributed by atoms with Crippen molar-refractivity contribution in [2.75, 3.05) is 62.8 Å². The first-order chi connectivity index (χ1) is 18.7. The molecule has 8 heteroatoms. The fraction of sp³-hybridized carbons (Fsp3) is 0.500. The Morgan fingerprint density at radius 1 is 1.05 bits per heavy atom. The van der Waals surface area contributed by atoms with Crippen molar-refractivity contribution in [2.24, 2.45) is 5.92 Å². The molecule has 0 radical (unpaired) electrons. The van der Waals surface area contributed by atoms with Crippen LogP contribution in [-0.2, 0) is 17.7 Å². The minimum atomic E-state index is 0.0130. The highest BCUT2D eigenvalue weighted by Gasteiger charge is 2.29. The van der Waals surface area contributed by atoms with Gasteiger partial charge in [-0.2, -0.15) is 15.2 Å². The Balaban J connectivity index is 1.30. The van der Waals surface area contributed by atoms with Crippen LogP contribution < -0.4 is 14.5 Å². The summed E-state index contributed by atoms with van der Waals surface area (Å²) in [6.45, 7) is 6.38. The summed E-state index contributed by atoms with van der Waals surface area (Å²) >= 11 is 0. The van der Waals surface area contributed by atoms with Gasteiger partial charge in [-0.1, -0.05) is 36.4 Å². The van der Waals surface area contributed by atoms with Gasteiger partial charge in [0.1, 0.15) is 18.5 Å². The summed E-state index contributed by atoms with van der Waals surface area (Å²) in [5.41, 5.74) is 3.50. The van der Waals surface area contributed by atoms with Crippen LogP contribution in [0.3, 0.4) is 0 Å². The highest BCUT2D eigenvalue weighted by Crippen LogP contribution is 2.35. The second kappa shape index (κ2) is 11.1. The van der Waals surface area contributed by atoms with Crippen LogP contribution in [0, 0.1) is 17.2 Å². The molecule has 6 rings (SSSR count). The van der Waals surface area contributed by atoms with Crippen LogP contribution >= 0.6 is 0 Å². The lowest BCUT2D eigenvalue weighted by atomic mass is 9.94. The Bertz CT molecular complexity index is 1320. The SMILES string of the molecule is CN1CCO[C@@H](COc2nc3c(c(N4CCC[C@@H](CC#N)C4)n2)CCN(c2cccc4ccccc24)C3)C1. The van der Waals surface area contributed by atoms with Crippen LogP contribution in [0.2, 0.25) is 0 Å². The van der Waals surface area contributed by atoms with Crippen LogP contribution in [0.5, 0.6) is 6.01 Å². The number of fused-ring (bicyclic) bond motifs is 2. The summed E-state index contributed by atoms with van der Waals surface area (Å²) in [4.78, 5) is 17.0. The minimum Gasteiger partial charge on any atom is -0.461 e. The Morgan fingerprint density at radius 3 is 2.84 bits per heavy atom. The maximum atomic E-state index is 9.30. The third-order valence-corrected chi connectivity index (χ3v) is 8.07. The van der Waals surface area contributed by atoms with E-state index in [1.807, 2.05) is 0 Å². The Labute approximate surface area is 224 Å². The molecule has 3 aliphatic heterocycles.